The van der Waals surface area contributed by atoms with Crippen LogP contribution in [0.4, 0.5) is 0 Å². The molecule has 4 nitrogen and oxygen atoms in total. The minimum absolute atomic E-state index is 0.129. The predicted molar refractivity (Wildman–Crippen MR) is 107 cm³/mol. The maximum Gasteiger partial charge on any atom is 0.335 e. The second kappa shape index (κ2) is 6.18. The molecule has 4 saturated carbocycles. The molecule has 0 spiro atoms. The Hall–Kier alpha value is -1.13. The number of fused-ring (bicyclic) bond motifs is 5. The lowest BCUT2D eigenvalue weighted by Gasteiger charge is -2.63. The van der Waals surface area contributed by atoms with E-state index in [1.54, 1.807) is 6.26 Å². The third kappa shape index (κ3) is 2.40. The van der Waals surface area contributed by atoms with Crippen LogP contribution in [0.5, 0.6) is 0 Å². The Morgan fingerprint density at radius 2 is 1.82 bits per heavy atom. The van der Waals surface area contributed by atoms with Crippen molar-refractivity contribution in [2.45, 2.75) is 89.3 Å². The minimum Gasteiger partial charge on any atom is -0.431 e. The first-order valence-electron chi connectivity index (χ1n) is 11.3. The van der Waals surface area contributed by atoms with E-state index < -0.39 is 5.60 Å². The van der Waals surface area contributed by atoms with E-state index in [0.717, 1.165) is 56.9 Å². The van der Waals surface area contributed by atoms with Crippen LogP contribution in [-0.2, 0) is 0 Å². The highest BCUT2D eigenvalue weighted by Gasteiger charge is 2.67. The number of aliphatic hydroxyl groups excluding tert-OH is 1. The summed E-state index contributed by atoms with van der Waals surface area (Å²) in [5, 5.41) is 22.4. The monoisotopic (exact) mass is 386 g/mol. The number of hydrogen-bond donors (Lipinski definition) is 2. The molecular weight excluding hydrogens is 352 g/mol. The lowest BCUT2D eigenvalue weighted by molar-refractivity contribution is -0.205. The molecule has 4 fully saturated rings. The van der Waals surface area contributed by atoms with Crippen molar-refractivity contribution in [3.8, 4) is 0 Å². The molecule has 28 heavy (non-hydrogen) atoms. The first kappa shape index (κ1) is 18.9. The summed E-state index contributed by atoms with van der Waals surface area (Å²) in [6.45, 7) is 4.73. The Kier molecular flexibility index (Phi) is 4.17. The largest absolute Gasteiger partial charge is 0.431 e. The maximum atomic E-state index is 12.2. The molecule has 3 unspecified atom stereocenters. The van der Waals surface area contributed by atoms with Crippen molar-refractivity contribution in [3.05, 3.63) is 34.4 Å². The van der Waals surface area contributed by atoms with Crippen LogP contribution in [-0.4, -0.2) is 21.9 Å². The van der Waals surface area contributed by atoms with Crippen LogP contribution in [0.25, 0.3) is 0 Å². The molecule has 0 radical (unpaired) electrons. The van der Waals surface area contributed by atoms with Gasteiger partial charge in [-0.15, -0.1) is 0 Å². The fourth-order valence-electron chi connectivity index (χ4n) is 8.30. The van der Waals surface area contributed by atoms with E-state index in [1.165, 1.54) is 12.5 Å². The number of aliphatic hydroxyl groups is 2. The quantitative estimate of drug-likeness (QED) is 0.757. The third-order valence-electron chi connectivity index (χ3n) is 9.95. The number of hydrogen-bond acceptors (Lipinski definition) is 4. The molecule has 0 aromatic carbocycles. The van der Waals surface area contributed by atoms with Gasteiger partial charge in [0.2, 0.25) is 0 Å². The van der Waals surface area contributed by atoms with Gasteiger partial charge in [0, 0.05) is 11.5 Å². The lowest BCUT2D eigenvalue weighted by Crippen LogP contribution is -2.62. The standard InChI is InChI=1S/C24H34O4/c1-22-10-7-17(25)13-16(22)4-5-20-19(22)8-11-23(2)18(9-12-24(20,23)27)15-3-6-21(26)28-14-15/h3,6,14,16-20,25,27H,4-5,7-13H2,1-2H3/t16?,17-,18+,19?,20?,22-,23+,24-/m0/s1. The first-order chi connectivity index (χ1) is 13.3. The van der Waals surface area contributed by atoms with Crippen molar-refractivity contribution >= 4 is 0 Å². The highest BCUT2D eigenvalue weighted by atomic mass is 16.4. The van der Waals surface area contributed by atoms with Crippen molar-refractivity contribution < 1.29 is 14.6 Å². The Labute approximate surface area is 167 Å². The molecular formula is C24H34O4. The van der Waals surface area contributed by atoms with Crippen LogP contribution >= 0.6 is 0 Å². The Morgan fingerprint density at radius 1 is 1.00 bits per heavy atom. The summed E-state index contributed by atoms with van der Waals surface area (Å²) in [5.74, 6) is 1.76. The van der Waals surface area contributed by atoms with Gasteiger partial charge in [-0.05, 0) is 98.5 Å². The normalized spacial score (nSPS) is 50.5. The highest BCUT2D eigenvalue weighted by Crippen LogP contribution is 2.70. The van der Waals surface area contributed by atoms with Gasteiger partial charge < -0.3 is 14.6 Å². The molecule has 154 valence electrons. The predicted octanol–water partition coefficient (Wildman–Crippen LogP) is 4.24. The molecule has 0 saturated heterocycles. The molecule has 0 bridgehead atoms. The van der Waals surface area contributed by atoms with Crippen LogP contribution in [0.1, 0.15) is 83.1 Å². The van der Waals surface area contributed by atoms with Crippen molar-refractivity contribution in [2.75, 3.05) is 0 Å². The van der Waals surface area contributed by atoms with E-state index in [-0.39, 0.29) is 28.5 Å². The molecule has 0 aliphatic heterocycles. The van der Waals surface area contributed by atoms with Crippen LogP contribution in [0, 0.1) is 28.6 Å². The average molecular weight is 387 g/mol. The molecule has 4 heteroatoms. The van der Waals surface area contributed by atoms with Gasteiger partial charge in [0.1, 0.15) is 0 Å². The Bertz CT molecular complexity index is 797. The van der Waals surface area contributed by atoms with Gasteiger partial charge in [0.05, 0.1) is 18.0 Å². The van der Waals surface area contributed by atoms with Gasteiger partial charge in [-0.3, -0.25) is 0 Å². The third-order valence-corrected chi connectivity index (χ3v) is 9.95. The van der Waals surface area contributed by atoms with Gasteiger partial charge in [-0.25, -0.2) is 4.79 Å². The van der Waals surface area contributed by atoms with Gasteiger partial charge in [-0.2, -0.15) is 0 Å². The lowest BCUT2D eigenvalue weighted by atomic mass is 9.43. The Balaban J connectivity index is 1.48. The maximum absolute atomic E-state index is 12.2. The minimum atomic E-state index is -0.638. The van der Waals surface area contributed by atoms with Crippen LogP contribution in [0.3, 0.4) is 0 Å². The van der Waals surface area contributed by atoms with Crippen molar-refractivity contribution in [1.29, 1.82) is 0 Å². The van der Waals surface area contributed by atoms with E-state index in [0.29, 0.717) is 17.8 Å². The molecule has 4 aliphatic rings. The Morgan fingerprint density at radius 3 is 2.57 bits per heavy atom. The zero-order valence-electron chi connectivity index (χ0n) is 17.2. The van der Waals surface area contributed by atoms with Crippen molar-refractivity contribution in [3.63, 3.8) is 0 Å². The zero-order valence-corrected chi connectivity index (χ0v) is 17.2. The summed E-state index contributed by atoms with van der Waals surface area (Å²) >= 11 is 0. The van der Waals surface area contributed by atoms with Crippen LogP contribution in [0.15, 0.2) is 27.6 Å². The van der Waals surface area contributed by atoms with E-state index >= 15 is 0 Å². The highest BCUT2D eigenvalue weighted by molar-refractivity contribution is 5.27. The topological polar surface area (TPSA) is 70.7 Å². The summed E-state index contributed by atoms with van der Waals surface area (Å²) in [6.07, 6.45) is 10.7. The molecule has 8 atom stereocenters. The second-order valence-corrected chi connectivity index (χ2v) is 10.8. The average Bonchev–Trinajstić information content (AvgIpc) is 2.95. The van der Waals surface area contributed by atoms with Gasteiger partial charge in [0.25, 0.3) is 0 Å². The van der Waals surface area contributed by atoms with E-state index in [4.69, 9.17) is 4.42 Å². The molecule has 1 aromatic rings. The van der Waals surface area contributed by atoms with Crippen molar-refractivity contribution in [2.24, 2.45) is 28.6 Å². The van der Waals surface area contributed by atoms with Gasteiger partial charge in [-0.1, -0.05) is 13.8 Å². The summed E-state index contributed by atoms with van der Waals surface area (Å²) in [7, 11) is 0. The smallest absolute Gasteiger partial charge is 0.335 e. The molecule has 2 N–H and O–H groups in total. The van der Waals surface area contributed by atoms with Gasteiger partial charge >= 0.3 is 5.63 Å². The summed E-state index contributed by atoms with van der Waals surface area (Å²) in [6, 6.07) is 3.42. The molecule has 1 heterocycles. The summed E-state index contributed by atoms with van der Waals surface area (Å²) in [4.78, 5) is 11.4. The summed E-state index contributed by atoms with van der Waals surface area (Å²) in [5.41, 5.74) is 0.219. The van der Waals surface area contributed by atoms with E-state index in [9.17, 15) is 15.0 Å². The molecule has 0 amide bonds. The number of rotatable bonds is 1. The fourth-order valence-corrected chi connectivity index (χ4v) is 8.30. The van der Waals surface area contributed by atoms with E-state index in [1.807, 2.05) is 6.07 Å². The molecule has 4 aliphatic carbocycles. The van der Waals surface area contributed by atoms with Crippen molar-refractivity contribution in [1.82, 2.24) is 0 Å². The molecule has 5 rings (SSSR count). The fraction of sp³-hybridized carbons (Fsp3) is 0.792. The SMILES string of the molecule is C[C@]12CC[C@H](O)CC1CCC1C2CC[C@]2(C)[C@@H](c3ccc(=O)oc3)CC[C@]12O. The second-order valence-electron chi connectivity index (χ2n) is 10.8. The van der Waals surface area contributed by atoms with Crippen LogP contribution in [0.2, 0.25) is 0 Å². The zero-order chi connectivity index (χ0) is 19.7. The van der Waals surface area contributed by atoms with E-state index in [2.05, 4.69) is 13.8 Å². The van der Waals surface area contributed by atoms with Crippen LogP contribution < -0.4 is 5.63 Å². The summed E-state index contributed by atoms with van der Waals surface area (Å²) < 4.78 is 5.17. The van der Waals surface area contributed by atoms with Gasteiger partial charge in [0.15, 0.2) is 0 Å². The molecule has 1 aromatic heterocycles. The first-order valence-corrected chi connectivity index (χ1v) is 11.3.